The van der Waals surface area contributed by atoms with E-state index in [0.29, 0.717) is 12.3 Å². The van der Waals surface area contributed by atoms with Crippen molar-refractivity contribution >= 4 is 21.6 Å². The van der Waals surface area contributed by atoms with Gasteiger partial charge in [0.15, 0.2) is 0 Å². The lowest BCUT2D eigenvalue weighted by molar-refractivity contribution is -0.138. The number of sulfonamides is 1. The van der Waals surface area contributed by atoms with Crippen molar-refractivity contribution in [3.8, 4) is 0 Å². The molecule has 2 heterocycles. The van der Waals surface area contributed by atoms with Crippen LogP contribution >= 0.6 is 11.6 Å². The van der Waals surface area contributed by atoms with Crippen molar-refractivity contribution in [3.05, 3.63) is 23.0 Å². The minimum absolute atomic E-state index is 0.0407. The quantitative estimate of drug-likeness (QED) is 0.810. The Bertz CT molecular complexity index is 631. The third-order valence-electron chi connectivity index (χ3n) is 3.36. The molecule has 5 nitrogen and oxygen atoms in total. The van der Waals surface area contributed by atoms with Gasteiger partial charge in [0.05, 0.1) is 5.56 Å². The predicted octanol–water partition coefficient (Wildman–Crippen LogP) is 2.17. The smallest absolute Gasteiger partial charge is 0.313 e. The van der Waals surface area contributed by atoms with Crippen molar-refractivity contribution in [3.63, 3.8) is 0 Å². The van der Waals surface area contributed by atoms with Gasteiger partial charge in [-0.05, 0) is 25.5 Å². The van der Waals surface area contributed by atoms with Crippen LogP contribution in [0.3, 0.4) is 0 Å². The molecular formula is C12H15ClF3N3O2S. The highest BCUT2D eigenvalue weighted by atomic mass is 35.5. The minimum Gasteiger partial charge on any atom is -0.313 e. The number of hydrogen-bond donors (Lipinski definition) is 2. The van der Waals surface area contributed by atoms with E-state index in [1.807, 2.05) is 0 Å². The van der Waals surface area contributed by atoms with E-state index >= 15 is 0 Å². The average Bonchev–Trinajstić information content (AvgIpc) is 2.45. The average molecular weight is 358 g/mol. The first-order valence-electron chi connectivity index (χ1n) is 6.66. The zero-order chi connectivity index (χ0) is 16.4. The SMILES string of the molecule is O=S(=O)(NCC1CCCCN1)c1cc(C(F)(F)F)cnc1Cl. The summed E-state index contributed by atoms with van der Waals surface area (Å²) in [6.07, 6.45) is -1.38. The van der Waals surface area contributed by atoms with E-state index < -0.39 is 31.8 Å². The molecule has 10 heteroatoms. The van der Waals surface area contributed by atoms with Crippen LogP contribution < -0.4 is 10.0 Å². The maximum absolute atomic E-state index is 12.7. The van der Waals surface area contributed by atoms with Crippen LogP contribution in [0.5, 0.6) is 0 Å². The summed E-state index contributed by atoms with van der Waals surface area (Å²) in [5.41, 5.74) is -1.16. The molecule has 1 unspecified atom stereocenters. The highest BCUT2D eigenvalue weighted by molar-refractivity contribution is 7.89. The van der Waals surface area contributed by atoms with Gasteiger partial charge in [0.25, 0.3) is 0 Å². The number of piperidine rings is 1. The van der Waals surface area contributed by atoms with Gasteiger partial charge in [0.2, 0.25) is 10.0 Å². The van der Waals surface area contributed by atoms with Gasteiger partial charge in [-0.3, -0.25) is 0 Å². The van der Waals surface area contributed by atoms with E-state index in [0.717, 1.165) is 25.8 Å². The van der Waals surface area contributed by atoms with Gasteiger partial charge in [0.1, 0.15) is 10.0 Å². The molecule has 0 saturated carbocycles. The largest absolute Gasteiger partial charge is 0.417 e. The van der Waals surface area contributed by atoms with Gasteiger partial charge in [0, 0.05) is 18.8 Å². The van der Waals surface area contributed by atoms with E-state index in [-0.39, 0.29) is 12.6 Å². The van der Waals surface area contributed by atoms with Gasteiger partial charge in [-0.2, -0.15) is 13.2 Å². The Morgan fingerprint density at radius 3 is 2.73 bits per heavy atom. The van der Waals surface area contributed by atoms with Crippen molar-refractivity contribution in [2.45, 2.75) is 36.4 Å². The van der Waals surface area contributed by atoms with Crippen molar-refractivity contribution in [1.82, 2.24) is 15.0 Å². The molecule has 1 saturated heterocycles. The van der Waals surface area contributed by atoms with E-state index in [1.165, 1.54) is 0 Å². The Balaban J connectivity index is 2.17. The normalized spacial score (nSPS) is 20.1. The first kappa shape index (κ1) is 17.5. The van der Waals surface area contributed by atoms with Crippen LogP contribution in [0.2, 0.25) is 5.15 Å². The molecule has 0 aromatic carbocycles. The first-order chi connectivity index (χ1) is 10.2. The van der Waals surface area contributed by atoms with E-state index in [4.69, 9.17) is 11.6 Å². The molecule has 0 aliphatic carbocycles. The Hall–Kier alpha value is -0.900. The number of pyridine rings is 1. The number of nitrogens with zero attached hydrogens (tertiary/aromatic N) is 1. The summed E-state index contributed by atoms with van der Waals surface area (Å²) in [5, 5.41) is 2.65. The van der Waals surface area contributed by atoms with Crippen molar-refractivity contribution in [1.29, 1.82) is 0 Å². The molecule has 0 spiro atoms. The molecule has 1 aliphatic heterocycles. The van der Waals surface area contributed by atoms with Crippen LogP contribution in [0.25, 0.3) is 0 Å². The lowest BCUT2D eigenvalue weighted by Crippen LogP contribution is -2.43. The van der Waals surface area contributed by atoms with Crippen LogP contribution in [0, 0.1) is 0 Å². The zero-order valence-corrected chi connectivity index (χ0v) is 13.0. The summed E-state index contributed by atoms with van der Waals surface area (Å²) in [5.74, 6) is 0. The second kappa shape index (κ2) is 6.69. The van der Waals surface area contributed by atoms with E-state index in [9.17, 15) is 21.6 Å². The second-order valence-corrected chi connectivity index (χ2v) is 7.10. The number of nitrogens with one attached hydrogen (secondary N) is 2. The van der Waals surface area contributed by atoms with Gasteiger partial charge < -0.3 is 5.32 Å². The van der Waals surface area contributed by atoms with Crippen LogP contribution in [-0.4, -0.2) is 32.5 Å². The van der Waals surface area contributed by atoms with Crippen molar-refractivity contribution in [2.75, 3.05) is 13.1 Å². The third kappa shape index (κ3) is 4.31. The van der Waals surface area contributed by atoms with Gasteiger partial charge in [-0.25, -0.2) is 18.1 Å². The summed E-state index contributed by atoms with van der Waals surface area (Å²) >= 11 is 5.64. The molecule has 1 aromatic heterocycles. The summed E-state index contributed by atoms with van der Waals surface area (Å²) < 4.78 is 64.5. The van der Waals surface area contributed by atoms with E-state index in [2.05, 4.69) is 15.0 Å². The van der Waals surface area contributed by atoms with Crippen molar-refractivity contribution < 1.29 is 21.6 Å². The number of hydrogen-bond acceptors (Lipinski definition) is 4. The highest BCUT2D eigenvalue weighted by Gasteiger charge is 2.33. The summed E-state index contributed by atoms with van der Waals surface area (Å²) in [4.78, 5) is 2.65. The van der Waals surface area contributed by atoms with Crippen LogP contribution in [-0.2, 0) is 16.2 Å². The molecule has 2 rings (SSSR count). The second-order valence-electron chi connectivity index (χ2n) is 5.01. The molecule has 0 amide bonds. The summed E-state index contributed by atoms with van der Waals surface area (Å²) in [7, 11) is -4.16. The molecule has 1 aromatic rings. The zero-order valence-electron chi connectivity index (χ0n) is 11.5. The molecule has 1 aliphatic rings. The lowest BCUT2D eigenvalue weighted by atomic mass is 10.1. The molecule has 0 radical (unpaired) electrons. The maximum atomic E-state index is 12.7. The molecule has 1 fully saturated rings. The fourth-order valence-electron chi connectivity index (χ4n) is 2.16. The minimum atomic E-state index is -4.69. The lowest BCUT2D eigenvalue weighted by Gasteiger charge is -2.23. The van der Waals surface area contributed by atoms with E-state index in [1.54, 1.807) is 0 Å². The van der Waals surface area contributed by atoms with Crippen LogP contribution in [0.4, 0.5) is 13.2 Å². The van der Waals surface area contributed by atoms with Gasteiger partial charge in [-0.15, -0.1) is 0 Å². The fraction of sp³-hybridized carbons (Fsp3) is 0.583. The summed E-state index contributed by atoms with van der Waals surface area (Å²) in [6, 6.07) is 0.451. The summed E-state index contributed by atoms with van der Waals surface area (Å²) in [6.45, 7) is 0.882. The predicted molar refractivity (Wildman–Crippen MR) is 75.1 cm³/mol. The Morgan fingerprint density at radius 2 is 2.14 bits per heavy atom. The third-order valence-corrected chi connectivity index (χ3v) is 5.21. The first-order valence-corrected chi connectivity index (χ1v) is 8.52. The number of alkyl halides is 3. The van der Waals surface area contributed by atoms with Crippen LogP contribution in [0.15, 0.2) is 17.2 Å². The molecule has 22 heavy (non-hydrogen) atoms. The Morgan fingerprint density at radius 1 is 1.41 bits per heavy atom. The molecule has 1 atom stereocenters. The topological polar surface area (TPSA) is 71.1 Å². The fourth-order valence-corrected chi connectivity index (χ4v) is 3.70. The van der Waals surface area contributed by atoms with Gasteiger partial charge in [-0.1, -0.05) is 18.0 Å². The number of halogens is 4. The Kier molecular flexibility index (Phi) is 5.31. The molecular weight excluding hydrogens is 343 g/mol. The molecule has 2 N–H and O–H groups in total. The molecule has 124 valence electrons. The standard InChI is InChI=1S/C12H15ClF3N3O2S/c13-11-10(5-8(6-18-11)12(14,15)16)22(20,21)19-7-9-3-1-2-4-17-9/h5-6,9,17,19H,1-4,7H2. The van der Waals surface area contributed by atoms with Gasteiger partial charge >= 0.3 is 6.18 Å². The number of rotatable bonds is 4. The number of aromatic nitrogens is 1. The maximum Gasteiger partial charge on any atom is 0.417 e. The monoisotopic (exact) mass is 357 g/mol. The highest BCUT2D eigenvalue weighted by Crippen LogP contribution is 2.32. The molecule has 0 bridgehead atoms. The Labute approximate surface area is 131 Å². The van der Waals surface area contributed by atoms with Crippen LogP contribution in [0.1, 0.15) is 24.8 Å². The van der Waals surface area contributed by atoms with Crippen molar-refractivity contribution in [2.24, 2.45) is 0 Å².